The summed E-state index contributed by atoms with van der Waals surface area (Å²) >= 11 is 0. The van der Waals surface area contributed by atoms with Crippen LogP contribution in [0.25, 0.3) is 10.9 Å². The molecule has 0 aliphatic heterocycles. The highest BCUT2D eigenvalue weighted by molar-refractivity contribution is 5.84. The topological polar surface area (TPSA) is 93.3 Å². The minimum atomic E-state index is -0.110. The first-order chi connectivity index (χ1) is 10.3. The van der Waals surface area contributed by atoms with E-state index in [0.29, 0.717) is 17.2 Å². The number of rotatable bonds is 4. The van der Waals surface area contributed by atoms with Gasteiger partial charge in [0.05, 0.1) is 17.5 Å². The van der Waals surface area contributed by atoms with E-state index < -0.39 is 0 Å². The standard InChI is InChI=1S/C15H14N4O2/c16-19-15-17-12-7-3-2-6-11(12)14(18-15)21-13-8-4-1-5-10(13)9-20/h1-8,20H,9,16H2,(H,17,18,19). The fraction of sp³-hybridized carbons (Fsp3) is 0.0667. The van der Waals surface area contributed by atoms with Crippen LogP contribution in [-0.2, 0) is 6.61 Å². The fourth-order valence-corrected chi connectivity index (χ4v) is 2.03. The molecule has 6 heteroatoms. The van der Waals surface area contributed by atoms with E-state index in [1.165, 1.54) is 0 Å². The Morgan fingerprint density at radius 3 is 2.62 bits per heavy atom. The van der Waals surface area contributed by atoms with E-state index in [-0.39, 0.29) is 12.6 Å². The first-order valence-electron chi connectivity index (χ1n) is 6.42. The second-order valence-electron chi connectivity index (χ2n) is 4.38. The van der Waals surface area contributed by atoms with E-state index in [4.69, 9.17) is 10.6 Å². The van der Waals surface area contributed by atoms with Gasteiger partial charge in [-0.2, -0.15) is 4.98 Å². The average molecular weight is 282 g/mol. The third-order valence-corrected chi connectivity index (χ3v) is 3.05. The molecule has 0 fully saturated rings. The molecule has 0 atom stereocenters. The van der Waals surface area contributed by atoms with Gasteiger partial charge in [-0.1, -0.05) is 30.3 Å². The molecule has 0 spiro atoms. The fourth-order valence-electron chi connectivity index (χ4n) is 2.03. The lowest BCUT2D eigenvalue weighted by Crippen LogP contribution is -2.11. The lowest BCUT2D eigenvalue weighted by atomic mass is 10.2. The largest absolute Gasteiger partial charge is 0.438 e. The minimum absolute atomic E-state index is 0.110. The van der Waals surface area contributed by atoms with Gasteiger partial charge in [-0.25, -0.2) is 10.8 Å². The van der Waals surface area contributed by atoms with Gasteiger partial charge in [0.1, 0.15) is 5.75 Å². The number of hydrogen-bond acceptors (Lipinski definition) is 6. The van der Waals surface area contributed by atoms with E-state index in [9.17, 15) is 5.11 Å². The maximum atomic E-state index is 9.37. The summed E-state index contributed by atoms with van der Waals surface area (Å²) in [6.45, 7) is -0.110. The molecule has 0 unspecified atom stereocenters. The van der Waals surface area contributed by atoms with Crippen molar-refractivity contribution < 1.29 is 9.84 Å². The maximum Gasteiger partial charge on any atom is 0.241 e. The Morgan fingerprint density at radius 2 is 1.81 bits per heavy atom. The predicted octanol–water partition coefficient (Wildman–Crippen LogP) is 2.20. The van der Waals surface area contributed by atoms with Crippen LogP contribution in [-0.4, -0.2) is 15.1 Å². The van der Waals surface area contributed by atoms with Gasteiger partial charge < -0.3 is 9.84 Å². The molecule has 1 aromatic heterocycles. The average Bonchev–Trinajstić information content (AvgIpc) is 2.55. The number of nitrogen functional groups attached to an aromatic ring is 1. The predicted molar refractivity (Wildman–Crippen MR) is 79.8 cm³/mol. The number of hydrogen-bond donors (Lipinski definition) is 3. The lowest BCUT2D eigenvalue weighted by molar-refractivity contribution is 0.276. The number of nitrogens with zero attached hydrogens (tertiary/aromatic N) is 2. The SMILES string of the molecule is NNc1nc(Oc2ccccc2CO)c2ccccc2n1. The molecular weight excluding hydrogens is 268 g/mol. The molecule has 0 bridgehead atoms. The summed E-state index contributed by atoms with van der Waals surface area (Å²) < 4.78 is 5.85. The summed E-state index contributed by atoms with van der Waals surface area (Å²) in [6, 6.07) is 14.7. The molecule has 0 radical (unpaired) electrons. The van der Waals surface area contributed by atoms with Crippen molar-refractivity contribution in [2.75, 3.05) is 5.43 Å². The summed E-state index contributed by atoms with van der Waals surface area (Å²) in [6.07, 6.45) is 0. The molecule has 2 aromatic carbocycles. The zero-order valence-electron chi connectivity index (χ0n) is 11.2. The Bertz CT molecular complexity index is 776. The van der Waals surface area contributed by atoms with Crippen LogP contribution < -0.4 is 16.0 Å². The number of ether oxygens (including phenoxy) is 1. The molecule has 1 heterocycles. The minimum Gasteiger partial charge on any atom is -0.438 e. The Hall–Kier alpha value is -2.70. The first-order valence-corrected chi connectivity index (χ1v) is 6.42. The number of aromatic nitrogens is 2. The zero-order valence-corrected chi connectivity index (χ0v) is 11.2. The van der Waals surface area contributed by atoms with Gasteiger partial charge in [0.2, 0.25) is 11.8 Å². The molecule has 4 N–H and O–H groups in total. The number of para-hydroxylation sites is 2. The van der Waals surface area contributed by atoms with Crippen molar-refractivity contribution in [3.8, 4) is 11.6 Å². The third kappa shape index (κ3) is 2.62. The Balaban J connectivity index is 2.11. The highest BCUT2D eigenvalue weighted by Gasteiger charge is 2.11. The van der Waals surface area contributed by atoms with E-state index in [0.717, 1.165) is 10.9 Å². The number of aliphatic hydroxyl groups excluding tert-OH is 1. The second kappa shape index (κ2) is 5.74. The molecule has 0 aliphatic rings. The van der Waals surface area contributed by atoms with Crippen molar-refractivity contribution in [3.63, 3.8) is 0 Å². The number of hydrazine groups is 1. The number of nitrogens with one attached hydrogen (secondary N) is 1. The number of nitrogens with two attached hydrogens (primary N) is 1. The Kier molecular flexibility index (Phi) is 3.63. The summed E-state index contributed by atoms with van der Waals surface area (Å²) in [5, 5.41) is 10.1. The van der Waals surface area contributed by atoms with E-state index in [1.54, 1.807) is 12.1 Å². The summed E-state index contributed by atoms with van der Waals surface area (Å²) in [5.41, 5.74) is 3.82. The smallest absolute Gasteiger partial charge is 0.241 e. The van der Waals surface area contributed by atoms with Crippen LogP contribution in [0.5, 0.6) is 11.6 Å². The summed E-state index contributed by atoms with van der Waals surface area (Å²) in [7, 11) is 0. The van der Waals surface area contributed by atoms with Crippen molar-refractivity contribution >= 4 is 16.9 Å². The van der Waals surface area contributed by atoms with Crippen LogP contribution in [0.2, 0.25) is 0 Å². The number of aliphatic hydroxyl groups is 1. The van der Waals surface area contributed by atoms with Gasteiger partial charge in [-0.15, -0.1) is 0 Å². The second-order valence-corrected chi connectivity index (χ2v) is 4.38. The molecule has 0 saturated carbocycles. The first kappa shape index (κ1) is 13.3. The van der Waals surface area contributed by atoms with E-state index >= 15 is 0 Å². The van der Waals surface area contributed by atoms with Crippen LogP contribution in [0.3, 0.4) is 0 Å². The van der Waals surface area contributed by atoms with Gasteiger partial charge in [-0.3, -0.25) is 5.43 Å². The van der Waals surface area contributed by atoms with Gasteiger partial charge >= 0.3 is 0 Å². The number of anilines is 1. The van der Waals surface area contributed by atoms with Crippen molar-refractivity contribution in [3.05, 3.63) is 54.1 Å². The van der Waals surface area contributed by atoms with Gasteiger partial charge in [0, 0.05) is 5.56 Å². The van der Waals surface area contributed by atoms with Crippen LogP contribution >= 0.6 is 0 Å². The van der Waals surface area contributed by atoms with Crippen LogP contribution in [0.15, 0.2) is 48.5 Å². The third-order valence-electron chi connectivity index (χ3n) is 3.05. The summed E-state index contributed by atoms with van der Waals surface area (Å²) in [4.78, 5) is 8.50. The highest BCUT2D eigenvalue weighted by atomic mass is 16.5. The summed E-state index contributed by atoms with van der Waals surface area (Å²) in [5.74, 6) is 6.59. The number of fused-ring (bicyclic) bond motifs is 1. The molecule has 6 nitrogen and oxygen atoms in total. The van der Waals surface area contributed by atoms with Gasteiger partial charge in [-0.05, 0) is 18.2 Å². The van der Waals surface area contributed by atoms with E-state index in [1.807, 2.05) is 36.4 Å². The van der Waals surface area contributed by atoms with Crippen LogP contribution in [0.4, 0.5) is 5.95 Å². The normalized spacial score (nSPS) is 10.6. The molecule has 3 aromatic rings. The van der Waals surface area contributed by atoms with Crippen LogP contribution in [0.1, 0.15) is 5.56 Å². The van der Waals surface area contributed by atoms with Crippen molar-refractivity contribution in [2.24, 2.45) is 5.84 Å². The quantitative estimate of drug-likeness (QED) is 0.502. The van der Waals surface area contributed by atoms with Crippen LogP contribution in [0, 0.1) is 0 Å². The molecule has 0 amide bonds. The Morgan fingerprint density at radius 1 is 1.05 bits per heavy atom. The van der Waals surface area contributed by atoms with Crippen molar-refractivity contribution in [1.29, 1.82) is 0 Å². The van der Waals surface area contributed by atoms with E-state index in [2.05, 4.69) is 15.4 Å². The monoisotopic (exact) mass is 282 g/mol. The lowest BCUT2D eigenvalue weighted by Gasteiger charge is -2.11. The zero-order chi connectivity index (χ0) is 14.7. The van der Waals surface area contributed by atoms with Gasteiger partial charge in [0.25, 0.3) is 0 Å². The molecule has 3 rings (SSSR count). The Labute approximate surface area is 121 Å². The molecule has 0 saturated heterocycles. The highest BCUT2D eigenvalue weighted by Crippen LogP contribution is 2.30. The molecule has 106 valence electrons. The van der Waals surface area contributed by atoms with Crippen molar-refractivity contribution in [1.82, 2.24) is 9.97 Å². The van der Waals surface area contributed by atoms with Crippen molar-refractivity contribution in [2.45, 2.75) is 6.61 Å². The molecule has 0 aliphatic carbocycles. The molecular formula is C15H14N4O2. The molecule has 21 heavy (non-hydrogen) atoms. The van der Waals surface area contributed by atoms with Gasteiger partial charge in [0.15, 0.2) is 0 Å². The number of benzene rings is 2. The maximum absolute atomic E-state index is 9.37.